The molecule has 0 unspecified atom stereocenters. The van der Waals surface area contributed by atoms with E-state index in [0.29, 0.717) is 36.5 Å². The number of hydrogen-bond donors (Lipinski definition) is 2. The normalized spacial score (nSPS) is 11.0. The van der Waals surface area contributed by atoms with Gasteiger partial charge in [-0.2, -0.15) is 0 Å². The highest BCUT2D eigenvalue weighted by Gasteiger charge is 2.09. The number of hydrogen-bond acceptors (Lipinski definition) is 7. The van der Waals surface area contributed by atoms with Gasteiger partial charge in [0, 0.05) is 20.3 Å². The largest absolute Gasteiger partial charge is 0.397 e. The summed E-state index contributed by atoms with van der Waals surface area (Å²) in [6.07, 6.45) is 0.890. The van der Waals surface area contributed by atoms with E-state index in [-0.39, 0.29) is 0 Å². The molecule has 0 aliphatic rings. The highest BCUT2D eigenvalue weighted by atomic mass is 16.6. The van der Waals surface area contributed by atoms with Crippen LogP contribution in [0.5, 0.6) is 0 Å². The lowest BCUT2D eigenvalue weighted by molar-refractivity contribution is 0.0705. The van der Waals surface area contributed by atoms with Crippen LogP contribution < -0.4 is 11.1 Å². The molecule has 0 amide bonds. The van der Waals surface area contributed by atoms with E-state index in [1.54, 1.807) is 13.2 Å². The highest BCUT2D eigenvalue weighted by molar-refractivity contribution is 5.94. The van der Waals surface area contributed by atoms with Crippen LogP contribution >= 0.6 is 0 Å². The second-order valence-corrected chi connectivity index (χ2v) is 4.05. The predicted molar refractivity (Wildman–Crippen MR) is 72.0 cm³/mol. The van der Waals surface area contributed by atoms with Crippen molar-refractivity contribution < 1.29 is 14.1 Å². The van der Waals surface area contributed by atoms with Crippen molar-refractivity contribution in [3.05, 3.63) is 12.1 Å². The van der Waals surface area contributed by atoms with Crippen LogP contribution in [-0.4, -0.2) is 43.8 Å². The first-order valence-corrected chi connectivity index (χ1v) is 6.14. The van der Waals surface area contributed by atoms with E-state index in [2.05, 4.69) is 15.6 Å². The summed E-state index contributed by atoms with van der Waals surface area (Å²) in [7, 11) is 1.66. The lowest BCUT2D eigenvalue weighted by atomic mass is 10.2. The fourth-order valence-electron chi connectivity index (χ4n) is 1.67. The summed E-state index contributed by atoms with van der Waals surface area (Å²) in [6.45, 7) is 2.71. The van der Waals surface area contributed by atoms with Crippen LogP contribution in [0.3, 0.4) is 0 Å². The van der Waals surface area contributed by atoms with Gasteiger partial charge >= 0.3 is 0 Å². The number of anilines is 2. The van der Waals surface area contributed by atoms with Crippen LogP contribution in [0.2, 0.25) is 0 Å². The third-order valence-corrected chi connectivity index (χ3v) is 2.66. The summed E-state index contributed by atoms with van der Waals surface area (Å²) in [4.78, 5) is 0. The molecule has 2 rings (SSSR count). The van der Waals surface area contributed by atoms with Crippen molar-refractivity contribution in [3.63, 3.8) is 0 Å². The Hall–Kier alpha value is -1.86. The van der Waals surface area contributed by atoms with E-state index >= 15 is 0 Å². The molecule has 3 N–H and O–H groups in total. The van der Waals surface area contributed by atoms with E-state index < -0.39 is 0 Å². The molecule has 0 bridgehead atoms. The monoisotopic (exact) mass is 266 g/mol. The number of nitrogens with zero attached hydrogens (tertiary/aromatic N) is 2. The van der Waals surface area contributed by atoms with Crippen molar-refractivity contribution in [2.45, 2.75) is 6.42 Å². The molecular weight excluding hydrogens is 248 g/mol. The van der Waals surface area contributed by atoms with E-state index in [4.69, 9.17) is 19.8 Å². The Morgan fingerprint density at radius 1 is 1.21 bits per heavy atom. The minimum absolute atomic E-state index is 0.560. The highest BCUT2D eigenvalue weighted by Crippen LogP contribution is 2.24. The van der Waals surface area contributed by atoms with Crippen LogP contribution in [0.4, 0.5) is 11.4 Å². The quantitative estimate of drug-likeness (QED) is 0.548. The number of methoxy groups -OCH3 is 1. The number of aromatic nitrogens is 2. The number of ether oxygens (including phenoxy) is 2. The standard InChI is InChI=1S/C12H18N4O3/c1-17-7-8-18-6-2-5-14-10-4-3-9(13)11-12(10)16-19-15-11/h3-4,14H,2,5-8,13H2,1H3. The van der Waals surface area contributed by atoms with Crippen molar-refractivity contribution in [2.24, 2.45) is 0 Å². The van der Waals surface area contributed by atoms with Crippen LogP contribution in [-0.2, 0) is 9.47 Å². The van der Waals surface area contributed by atoms with Gasteiger partial charge < -0.3 is 20.5 Å². The lowest BCUT2D eigenvalue weighted by Crippen LogP contribution is -2.08. The average Bonchev–Trinajstić information content (AvgIpc) is 2.90. The van der Waals surface area contributed by atoms with Gasteiger partial charge in [0.25, 0.3) is 0 Å². The van der Waals surface area contributed by atoms with Crippen LogP contribution in [0.25, 0.3) is 11.0 Å². The van der Waals surface area contributed by atoms with Gasteiger partial charge in [-0.15, -0.1) is 0 Å². The zero-order valence-electron chi connectivity index (χ0n) is 10.9. The van der Waals surface area contributed by atoms with E-state index in [9.17, 15) is 0 Å². The molecule has 1 aromatic carbocycles. The zero-order chi connectivity index (χ0) is 13.5. The van der Waals surface area contributed by atoms with E-state index in [0.717, 1.165) is 18.7 Å². The van der Waals surface area contributed by atoms with Gasteiger partial charge in [-0.25, -0.2) is 4.63 Å². The summed E-state index contributed by atoms with van der Waals surface area (Å²) in [5.74, 6) is 0. The molecule has 2 aromatic rings. The smallest absolute Gasteiger partial charge is 0.160 e. The minimum Gasteiger partial charge on any atom is -0.397 e. The van der Waals surface area contributed by atoms with Gasteiger partial charge in [-0.1, -0.05) is 0 Å². The molecule has 0 atom stereocenters. The summed E-state index contributed by atoms with van der Waals surface area (Å²) in [5.41, 5.74) is 8.43. The number of nitrogens with two attached hydrogens (primary N) is 1. The maximum Gasteiger partial charge on any atom is 0.160 e. The van der Waals surface area contributed by atoms with Gasteiger partial charge in [0.1, 0.15) is 0 Å². The Labute approximate surface area is 111 Å². The Kier molecular flexibility index (Phi) is 4.93. The lowest BCUT2D eigenvalue weighted by Gasteiger charge is -2.07. The second kappa shape index (κ2) is 6.91. The molecule has 7 nitrogen and oxygen atoms in total. The second-order valence-electron chi connectivity index (χ2n) is 4.05. The molecule has 1 heterocycles. The van der Waals surface area contributed by atoms with Crippen molar-refractivity contribution in [2.75, 3.05) is 44.5 Å². The summed E-state index contributed by atoms with van der Waals surface area (Å²) < 4.78 is 15.0. The maximum atomic E-state index is 5.77. The van der Waals surface area contributed by atoms with Crippen LogP contribution in [0.1, 0.15) is 6.42 Å². The van der Waals surface area contributed by atoms with Crippen LogP contribution in [0, 0.1) is 0 Å². The topological polar surface area (TPSA) is 95.4 Å². The molecular formula is C12H18N4O3. The maximum absolute atomic E-state index is 5.77. The van der Waals surface area contributed by atoms with Gasteiger partial charge in [0.05, 0.1) is 24.6 Å². The zero-order valence-corrected chi connectivity index (χ0v) is 10.9. The fourth-order valence-corrected chi connectivity index (χ4v) is 1.67. The Bertz CT molecular complexity index is 515. The third kappa shape index (κ3) is 3.55. The van der Waals surface area contributed by atoms with Crippen molar-refractivity contribution >= 4 is 22.4 Å². The molecule has 0 fully saturated rings. The molecule has 0 saturated heterocycles. The first-order chi connectivity index (χ1) is 9.33. The first kappa shape index (κ1) is 13.6. The van der Waals surface area contributed by atoms with Gasteiger partial charge in [0.2, 0.25) is 0 Å². The van der Waals surface area contributed by atoms with E-state index in [1.165, 1.54) is 0 Å². The van der Waals surface area contributed by atoms with Gasteiger partial charge in [-0.3, -0.25) is 0 Å². The third-order valence-electron chi connectivity index (χ3n) is 2.66. The molecule has 0 aliphatic heterocycles. The van der Waals surface area contributed by atoms with E-state index in [1.807, 2.05) is 6.07 Å². The summed E-state index contributed by atoms with van der Waals surface area (Å²) in [5, 5.41) is 10.9. The van der Waals surface area contributed by atoms with Gasteiger partial charge in [-0.05, 0) is 28.9 Å². The summed E-state index contributed by atoms with van der Waals surface area (Å²) in [6, 6.07) is 3.65. The number of rotatable bonds is 8. The first-order valence-electron chi connectivity index (χ1n) is 6.14. The minimum atomic E-state index is 0.560. The molecule has 7 heteroatoms. The Balaban J connectivity index is 1.79. The van der Waals surface area contributed by atoms with Crippen molar-refractivity contribution in [1.29, 1.82) is 0 Å². The molecule has 19 heavy (non-hydrogen) atoms. The summed E-state index contributed by atoms with van der Waals surface area (Å²) >= 11 is 0. The Morgan fingerprint density at radius 3 is 2.89 bits per heavy atom. The SMILES string of the molecule is COCCOCCCNc1ccc(N)c2nonc12. The van der Waals surface area contributed by atoms with Gasteiger partial charge in [0.15, 0.2) is 11.0 Å². The fraction of sp³-hybridized carbons (Fsp3) is 0.500. The van der Waals surface area contributed by atoms with Crippen LogP contribution in [0.15, 0.2) is 16.8 Å². The number of nitrogens with one attached hydrogen (secondary N) is 1. The predicted octanol–water partition coefficient (Wildman–Crippen LogP) is 1.27. The molecule has 0 saturated carbocycles. The number of benzene rings is 1. The molecule has 0 spiro atoms. The molecule has 0 aliphatic carbocycles. The van der Waals surface area contributed by atoms with Crippen molar-refractivity contribution in [3.8, 4) is 0 Å². The molecule has 1 aromatic heterocycles. The van der Waals surface area contributed by atoms with Crippen molar-refractivity contribution in [1.82, 2.24) is 10.3 Å². The number of fused-ring (bicyclic) bond motifs is 1. The molecule has 0 radical (unpaired) electrons. The average molecular weight is 266 g/mol. The Morgan fingerprint density at radius 2 is 2.05 bits per heavy atom. The number of nitrogen functional groups attached to an aromatic ring is 1. The molecule has 104 valence electrons.